The molecule has 0 bridgehead atoms. The van der Waals surface area contributed by atoms with Gasteiger partial charge in [0.15, 0.2) is 0 Å². The molecule has 0 aliphatic carbocycles. The molecule has 4 heteroatoms. The molecule has 0 saturated heterocycles. The Morgan fingerprint density at radius 3 is 2.19 bits per heavy atom. The highest BCUT2D eigenvalue weighted by molar-refractivity contribution is 5.46. The summed E-state index contributed by atoms with van der Waals surface area (Å²) in [7, 11) is 0. The van der Waals surface area contributed by atoms with Crippen molar-refractivity contribution in [1.82, 2.24) is 14.0 Å². The zero-order valence-corrected chi connectivity index (χ0v) is 17.2. The van der Waals surface area contributed by atoms with E-state index < -0.39 is 0 Å². The predicted molar refractivity (Wildman–Crippen MR) is 108 cm³/mol. The van der Waals surface area contributed by atoms with E-state index in [9.17, 15) is 4.79 Å². The Morgan fingerprint density at radius 2 is 1.58 bits per heavy atom. The molecule has 3 rings (SSSR count). The van der Waals surface area contributed by atoms with Crippen molar-refractivity contribution in [3.63, 3.8) is 0 Å². The van der Waals surface area contributed by atoms with Crippen LogP contribution < -0.4 is 5.56 Å². The first-order chi connectivity index (χ1) is 12.2. The first-order valence-electron chi connectivity index (χ1n) is 9.33. The molecule has 0 N–H and O–H groups in total. The summed E-state index contributed by atoms with van der Waals surface area (Å²) in [4.78, 5) is 17.8. The smallest absolute Gasteiger partial charge is 0.258 e. The minimum absolute atomic E-state index is 0.0536. The van der Waals surface area contributed by atoms with Gasteiger partial charge in [-0.15, -0.1) is 0 Å². The number of imidazole rings is 1. The van der Waals surface area contributed by atoms with Crippen LogP contribution in [0.4, 0.5) is 0 Å². The Bertz CT molecular complexity index is 1080. The van der Waals surface area contributed by atoms with E-state index in [0.29, 0.717) is 6.54 Å². The number of fused-ring (bicyclic) bond motifs is 1. The maximum atomic E-state index is 13.1. The maximum Gasteiger partial charge on any atom is 0.258 e. The van der Waals surface area contributed by atoms with Crippen molar-refractivity contribution >= 4 is 5.78 Å². The van der Waals surface area contributed by atoms with Crippen LogP contribution >= 0.6 is 0 Å². The van der Waals surface area contributed by atoms with Crippen molar-refractivity contribution < 1.29 is 0 Å². The highest BCUT2D eigenvalue weighted by Crippen LogP contribution is 2.23. The fourth-order valence-corrected chi connectivity index (χ4v) is 3.88. The molecule has 0 atom stereocenters. The fraction of sp³-hybridized carbons (Fsp3) is 0.455. The molecule has 0 aliphatic rings. The van der Waals surface area contributed by atoms with Gasteiger partial charge in [-0.3, -0.25) is 13.8 Å². The van der Waals surface area contributed by atoms with E-state index in [-0.39, 0.29) is 5.56 Å². The lowest BCUT2D eigenvalue weighted by Crippen LogP contribution is -2.27. The number of hydrogen-bond donors (Lipinski definition) is 0. The lowest BCUT2D eigenvalue weighted by atomic mass is 9.94. The Hall–Kier alpha value is -2.36. The Morgan fingerprint density at radius 1 is 0.923 bits per heavy atom. The third-order valence-corrected chi connectivity index (χ3v) is 6.09. The quantitative estimate of drug-likeness (QED) is 0.707. The highest BCUT2D eigenvalue weighted by Gasteiger charge is 2.18. The number of aromatic nitrogens is 3. The topological polar surface area (TPSA) is 39.3 Å². The van der Waals surface area contributed by atoms with Crippen LogP contribution in [0.15, 0.2) is 10.9 Å². The summed E-state index contributed by atoms with van der Waals surface area (Å²) in [6, 6.07) is 2.21. The molecule has 2 heterocycles. The normalized spacial score (nSPS) is 11.5. The number of hydrogen-bond acceptors (Lipinski definition) is 2. The van der Waals surface area contributed by atoms with E-state index in [1.807, 2.05) is 25.3 Å². The Kier molecular flexibility index (Phi) is 4.55. The standard InChI is InChI=1S/C22H29N3O/c1-9-20-17(7)23-22-24(21(26)16(6)18(8)25(20)22)11-19-10-12(2)13(3)14(4)15(19)5/h10H,9,11H2,1-8H3. The van der Waals surface area contributed by atoms with E-state index in [1.54, 1.807) is 0 Å². The Balaban J connectivity index is 2.32. The number of aryl methyl sites for hydroxylation is 4. The van der Waals surface area contributed by atoms with Crippen molar-refractivity contribution in [3.8, 4) is 0 Å². The average molecular weight is 351 g/mol. The van der Waals surface area contributed by atoms with E-state index in [4.69, 9.17) is 4.98 Å². The first kappa shape index (κ1) is 18.4. The molecule has 0 unspecified atom stereocenters. The van der Waals surface area contributed by atoms with Crippen LogP contribution in [0.2, 0.25) is 0 Å². The van der Waals surface area contributed by atoms with Crippen molar-refractivity contribution in [3.05, 3.63) is 66.9 Å². The molecular formula is C22H29N3O. The summed E-state index contributed by atoms with van der Waals surface area (Å²) in [5, 5.41) is 0. The van der Waals surface area contributed by atoms with Crippen LogP contribution in [-0.2, 0) is 13.0 Å². The molecule has 0 amide bonds. The van der Waals surface area contributed by atoms with Gasteiger partial charge in [-0.2, -0.15) is 0 Å². The van der Waals surface area contributed by atoms with Gasteiger partial charge < -0.3 is 0 Å². The number of nitrogens with zero attached hydrogens (tertiary/aromatic N) is 3. The lowest BCUT2D eigenvalue weighted by Gasteiger charge is -2.17. The van der Waals surface area contributed by atoms with Crippen molar-refractivity contribution in [2.75, 3.05) is 0 Å². The number of benzene rings is 1. The van der Waals surface area contributed by atoms with Crippen LogP contribution in [0, 0.1) is 48.5 Å². The van der Waals surface area contributed by atoms with Gasteiger partial charge in [0.1, 0.15) is 0 Å². The third kappa shape index (κ3) is 2.59. The van der Waals surface area contributed by atoms with Crippen molar-refractivity contribution in [2.24, 2.45) is 0 Å². The maximum absolute atomic E-state index is 13.1. The highest BCUT2D eigenvalue weighted by atomic mass is 16.1. The minimum Gasteiger partial charge on any atom is -0.286 e. The molecule has 0 spiro atoms. The second-order valence-corrected chi connectivity index (χ2v) is 7.46. The van der Waals surface area contributed by atoms with Gasteiger partial charge in [-0.1, -0.05) is 13.0 Å². The molecule has 0 saturated carbocycles. The average Bonchev–Trinajstić information content (AvgIpc) is 2.95. The van der Waals surface area contributed by atoms with Gasteiger partial charge in [-0.25, -0.2) is 4.98 Å². The molecule has 138 valence electrons. The summed E-state index contributed by atoms with van der Waals surface area (Å²) >= 11 is 0. The lowest BCUT2D eigenvalue weighted by molar-refractivity contribution is 0.728. The summed E-state index contributed by atoms with van der Waals surface area (Å²) < 4.78 is 4.00. The largest absolute Gasteiger partial charge is 0.286 e. The first-order valence-corrected chi connectivity index (χ1v) is 9.33. The van der Waals surface area contributed by atoms with Gasteiger partial charge in [0.2, 0.25) is 5.78 Å². The molecule has 4 nitrogen and oxygen atoms in total. The predicted octanol–water partition coefficient (Wildman–Crippen LogP) is 4.27. The van der Waals surface area contributed by atoms with Crippen LogP contribution in [0.3, 0.4) is 0 Å². The third-order valence-electron chi connectivity index (χ3n) is 6.09. The SMILES string of the molecule is CCc1c(C)nc2n(Cc3cc(C)c(C)c(C)c3C)c(=O)c(C)c(C)n12. The zero-order valence-electron chi connectivity index (χ0n) is 17.2. The van der Waals surface area contributed by atoms with E-state index in [2.05, 4.69) is 45.1 Å². The molecule has 0 aliphatic heterocycles. The fourth-order valence-electron chi connectivity index (χ4n) is 3.88. The van der Waals surface area contributed by atoms with Crippen LogP contribution in [-0.4, -0.2) is 14.0 Å². The minimum atomic E-state index is 0.0536. The summed E-state index contributed by atoms with van der Waals surface area (Å²) in [5.74, 6) is 0.753. The summed E-state index contributed by atoms with van der Waals surface area (Å²) in [5.41, 5.74) is 10.4. The van der Waals surface area contributed by atoms with Crippen LogP contribution in [0.5, 0.6) is 0 Å². The Labute approximate surface area is 155 Å². The van der Waals surface area contributed by atoms with Crippen LogP contribution in [0.25, 0.3) is 5.78 Å². The monoisotopic (exact) mass is 351 g/mol. The van der Waals surface area contributed by atoms with Crippen molar-refractivity contribution in [1.29, 1.82) is 0 Å². The number of rotatable bonds is 3. The molecule has 1 aromatic carbocycles. The molecule has 2 aromatic heterocycles. The summed E-state index contributed by atoms with van der Waals surface area (Å²) in [6.45, 7) is 17.3. The van der Waals surface area contributed by atoms with E-state index >= 15 is 0 Å². The molecule has 0 radical (unpaired) electrons. The summed E-state index contributed by atoms with van der Waals surface area (Å²) in [6.07, 6.45) is 0.896. The van der Waals surface area contributed by atoms with Gasteiger partial charge >= 0.3 is 0 Å². The van der Waals surface area contributed by atoms with Gasteiger partial charge in [0.05, 0.1) is 12.2 Å². The second kappa shape index (κ2) is 6.42. The van der Waals surface area contributed by atoms with Gasteiger partial charge in [0, 0.05) is 17.0 Å². The molecular weight excluding hydrogens is 322 g/mol. The van der Waals surface area contributed by atoms with Gasteiger partial charge in [0.25, 0.3) is 5.56 Å². The molecule has 3 aromatic rings. The van der Waals surface area contributed by atoms with E-state index in [0.717, 1.165) is 29.1 Å². The van der Waals surface area contributed by atoms with Crippen LogP contribution in [0.1, 0.15) is 57.4 Å². The van der Waals surface area contributed by atoms with Crippen molar-refractivity contribution in [2.45, 2.75) is 68.4 Å². The molecule has 0 fully saturated rings. The van der Waals surface area contributed by atoms with Gasteiger partial charge in [-0.05, 0) is 82.7 Å². The zero-order chi connectivity index (χ0) is 19.3. The molecule has 26 heavy (non-hydrogen) atoms. The second-order valence-electron chi connectivity index (χ2n) is 7.46. The van der Waals surface area contributed by atoms with E-state index in [1.165, 1.54) is 33.5 Å².